The highest BCUT2D eigenvalue weighted by Gasteiger charge is 2.28. The van der Waals surface area contributed by atoms with Crippen LogP contribution in [0.4, 0.5) is 0 Å². The molecule has 15 heavy (non-hydrogen) atoms. The van der Waals surface area contributed by atoms with Crippen molar-refractivity contribution in [3.63, 3.8) is 0 Å². The Morgan fingerprint density at radius 2 is 2.13 bits per heavy atom. The number of hydrogen-bond acceptors (Lipinski definition) is 3. The first-order valence-electron chi connectivity index (χ1n) is 5.99. The van der Waals surface area contributed by atoms with Crippen LogP contribution in [0.25, 0.3) is 0 Å². The zero-order valence-corrected chi connectivity index (χ0v) is 10.2. The summed E-state index contributed by atoms with van der Waals surface area (Å²) in [4.78, 5) is 0. The second-order valence-corrected chi connectivity index (χ2v) is 4.91. The molecule has 1 saturated heterocycles. The number of ether oxygens (including phenoxy) is 2. The van der Waals surface area contributed by atoms with Crippen LogP contribution in [0.5, 0.6) is 0 Å². The van der Waals surface area contributed by atoms with Crippen molar-refractivity contribution in [2.75, 3.05) is 6.61 Å². The fourth-order valence-corrected chi connectivity index (χ4v) is 1.95. The Bertz CT molecular complexity index is 178. The molecule has 0 aliphatic carbocycles. The SMILES string of the molecule is CC(O)CCCCC1CCOC(C)(C)O1. The van der Waals surface area contributed by atoms with Crippen molar-refractivity contribution in [1.29, 1.82) is 0 Å². The van der Waals surface area contributed by atoms with Crippen LogP contribution in [0.3, 0.4) is 0 Å². The molecule has 90 valence electrons. The average Bonchev–Trinajstić information content (AvgIpc) is 2.10. The van der Waals surface area contributed by atoms with E-state index in [4.69, 9.17) is 14.6 Å². The van der Waals surface area contributed by atoms with Crippen LogP contribution in [-0.2, 0) is 9.47 Å². The molecule has 0 radical (unpaired) electrons. The molecule has 0 amide bonds. The van der Waals surface area contributed by atoms with Crippen LogP contribution in [0.1, 0.15) is 52.9 Å². The number of rotatable bonds is 5. The van der Waals surface area contributed by atoms with Gasteiger partial charge in [-0.1, -0.05) is 12.8 Å². The lowest BCUT2D eigenvalue weighted by Gasteiger charge is -2.36. The molecule has 0 bridgehead atoms. The summed E-state index contributed by atoms with van der Waals surface area (Å²) >= 11 is 0. The van der Waals surface area contributed by atoms with Crippen molar-refractivity contribution in [2.24, 2.45) is 0 Å². The first kappa shape index (κ1) is 12.9. The zero-order valence-electron chi connectivity index (χ0n) is 10.2. The van der Waals surface area contributed by atoms with Crippen molar-refractivity contribution in [2.45, 2.75) is 70.9 Å². The summed E-state index contributed by atoms with van der Waals surface area (Å²) in [5, 5.41) is 9.12. The van der Waals surface area contributed by atoms with Crippen LogP contribution >= 0.6 is 0 Å². The third kappa shape index (κ3) is 5.50. The van der Waals surface area contributed by atoms with Gasteiger partial charge in [-0.2, -0.15) is 0 Å². The molecule has 3 heteroatoms. The Morgan fingerprint density at radius 3 is 2.73 bits per heavy atom. The van der Waals surface area contributed by atoms with E-state index < -0.39 is 5.79 Å². The van der Waals surface area contributed by atoms with Crippen LogP contribution in [0, 0.1) is 0 Å². The molecular formula is C12H24O3. The maximum atomic E-state index is 9.12. The van der Waals surface area contributed by atoms with E-state index in [1.807, 2.05) is 20.8 Å². The summed E-state index contributed by atoms with van der Waals surface area (Å²) in [7, 11) is 0. The maximum Gasteiger partial charge on any atom is 0.163 e. The lowest BCUT2D eigenvalue weighted by atomic mass is 10.1. The summed E-state index contributed by atoms with van der Waals surface area (Å²) in [5.74, 6) is -0.410. The van der Waals surface area contributed by atoms with Gasteiger partial charge < -0.3 is 14.6 Å². The van der Waals surface area contributed by atoms with Gasteiger partial charge in [0.25, 0.3) is 0 Å². The van der Waals surface area contributed by atoms with Gasteiger partial charge in [-0.15, -0.1) is 0 Å². The van der Waals surface area contributed by atoms with E-state index in [0.717, 1.165) is 38.7 Å². The van der Waals surface area contributed by atoms with Gasteiger partial charge in [0, 0.05) is 0 Å². The Balaban J connectivity index is 2.11. The molecule has 1 heterocycles. The minimum Gasteiger partial charge on any atom is -0.393 e. The van der Waals surface area contributed by atoms with Gasteiger partial charge in [-0.3, -0.25) is 0 Å². The number of aliphatic hydroxyl groups is 1. The summed E-state index contributed by atoms with van der Waals surface area (Å²) in [5.41, 5.74) is 0. The highest BCUT2D eigenvalue weighted by molar-refractivity contribution is 4.69. The topological polar surface area (TPSA) is 38.7 Å². The van der Waals surface area contributed by atoms with E-state index in [-0.39, 0.29) is 6.10 Å². The van der Waals surface area contributed by atoms with E-state index in [9.17, 15) is 0 Å². The fraction of sp³-hybridized carbons (Fsp3) is 1.00. The smallest absolute Gasteiger partial charge is 0.163 e. The molecule has 0 aromatic carbocycles. The lowest BCUT2D eigenvalue weighted by molar-refractivity contribution is -0.274. The summed E-state index contributed by atoms with van der Waals surface area (Å²) in [6.45, 7) is 6.58. The average molecular weight is 216 g/mol. The maximum absolute atomic E-state index is 9.12. The van der Waals surface area contributed by atoms with Crippen molar-refractivity contribution < 1.29 is 14.6 Å². The zero-order chi connectivity index (χ0) is 11.3. The lowest BCUT2D eigenvalue weighted by Crippen LogP contribution is -2.39. The van der Waals surface area contributed by atoms with Crippen molar-refractivity contribution in [3.05, 3.63) is 0 Å². The minimum absolute atomic E-state index is 0.169. The van der Waals surface area contributed by atoms with Crippen LogP contribution in [0.15, 0.2) is 0 Å². The Labute approximate surface area is 92.8 Å². The van der Waals surface area contributed by atoms with Crippen LogP contribution in [-0.4, -0.2) is 29.7 Å². The Hall–Kier alpha value is -0.120. The predicted molar refractivity (Wildman–Crippen MR) is 59.7 cm³/mol. The van der Waals surface area contributed by atoms with E-state index >= 15 is 0 Å². The van der Waals surface area contributed by atoms with Crippen LogP contribution in [0.2, 0.25) is 0 Å². The third-order valence-corrected chi connectivity index (χ3v) is 2.74. The number of aliphatic hydroxyl groups excluding tert-OH is 1. The molecule has 1 N–H and O–H groups in total. The quantitative estimate of drug-likeness (QED) is 0.717. The Morgan fingerprint density at radius 1 is 1.40 bits per heavy atom. The van der Waals surface area contributed by atoms with Crippen molar-refractivity contribution in [3.8, 4) is 0 Å². The highest BCUT2D eigenvalue weighted by atomic mass is 16.7. The molecule has 0 aromatic rings. The fourth-order valence-electron chi connectivity index (χ4n) is 1.95. The molecular weight excluding hydrogens is 192 g/mol. The summed E-state index contributed by atoms with van der Waals surface area (Å²) in [6, 6.07) is 0. The third-order valence-electron chi connectivity index (χ3n) is 2.74. The van der Waals surface area contributed by atoms with Crippen LogP contribution < -0.4 is 0 Å². The standard InChI is InChI=1S/C12H24O3/c1-10(13)6-4-5-7-11-8-9-14-12(2,3)15-11/h10-11,13H,4-9H2,1-3H3. The second-order valence-electron chi connectivity index (χ2n) is 4.91. The van der Waals surface area contributed by atoms with Gasteiger partial charge in [-0.25, -0.2) is 0 Å². The first-order chi connectivity index (χ1) is 6.99. The molecule has 2 atom stereocenters. The molecule has 0 aromatic heterocycles. The van der Waals surface area contributed by atoms with E-state index in [0.29, 0.717) is 6.10 Å². The molecule has 3 nitrogen and oxygen atoms in total. The van der Waals surface area contributed by atoms with Crippen molar-refractivity contribution >= 4 is 0 Å². The predicted octanol–water partition coefficient (Wildman–Crippen LogP) is 2.47. The van der Waals surface area contributed by atoms with E-state index in [1.54, 1.807) is 0 Å². The normalized spacial score (nSPS) is 27.6. The number of hydrogen-bond donors (Lipinski definition) is 1. The highest BCUT2D eigenvalue weighted by Crippen LogP contribution is 2.25. The molecule has 1 fully saturated rings. The van der Waals surface area contributed by atoms with E-state index in [1.165, 1.54) is 0 Å². The molecule has 1 aliphatic heterocycles. The van der Waals surface area contributed by atoms with Gasteiger partial charge in [0.05, 0.1) is 18.8 Å². The van der Waals surface area contributed by atoms with E-state index in [2.05, 4.69) is 0 Å². The van der Waals surface area contributed by atoms with Gasteiger partial charge >= 0.3 is 0 Å². The molecule has 1 aliphatic rings. The minimum atomic E-state index is -0.410. The van der Waals surface area contributed by atoms with Gasteiger partial charge in [-0.05, 0) is 40.0 Å². The molecule has 2 unspecified atom stereocenters. The van der Waals surface area contributed by atoms with Crippen molar-refractivity contribution in [1.82, 2.24) is 0 Å². The molecule has 1 rings (SSSR count). The largest absolute Gasteiger partial charge is 0.393 e. The Kier molecular flexibility index (Phi) is 5.03. The monoisotopic (exact) mass is 216 g/mol. The van der Waals surface area contributed by atoms with Gasteiger partial charge in [0.1, 0.15) is 0 Å². The summed E-state index contributed by atoms with van der Waals surface area (Å²) < 4.78 is 11.3. The molecule has 0 spiro atoms. The first-order valence-corrected chi connectivity index (χ1v) is 5.99. The summed E-state index contributed by atoms with van der Waals surface area (Å²) in [6.07, 6.45) is 5.36. The second kappa shape index (κ2) is 5.83. The number of unbranched alkanes of at least 4 members (excludes halogenated alkanes) is 1. The van der Waals surface area contributed by atoms with Gasteiger partial charge in [0.2, 0.25) is 0 Å². The van der Waals surface area contributed by atoms with Gasteiger partial charge in [0.15, 0.2) is 5.79 Å². The molecule has 0 saturated carbocycles.